The van der Waals surface area contributed by atoms with E-state index in [0.717, 1.165) is 5.69 Å². The smallest absolute Gasteiger partial charge is 0.101 e. The zero-order valence-corrected chi connectivity index (χ0v) is 10.5. The summed E-state index contributed by atoms with van der Waals surface area (Å²) in [6, 6.07) is 3.82. The Bertz CT molecular complexity index is 450. The van der Waals surface area contributed by atoms with E-state index >= 15 is 0 Å². The summed E-state index contributed by atoms with van der Waals surface area (Å²) in [5.74, 6) is 0. The Morgan fingerprint density at radius 3 is 2.94 bits per heavy atom. The fourth-order valence-electron chi connectivity index (χ4n) is 2.22. The van der Waals surface area contributed by atoms with Crippen LogP contribution >= 0.6 is 0 Å². The summed E-state index contributed by atoms with van der Waals surface area (Å²) in [4.78, 5) is 5.92. The Labute approximate surface area is 107 Å². The number of hydrogen-bond acceptors (Lipinski definition) is 5. The minimum Gasteiger partial charge on any atom is -0.388 e. The van der Waals surface area contributed by atoms with E-state index in [1.807, 2.05) is 11.9 Å². The number of aliphatic hydroxyl groups is 1. The number of pyridine rings is 1. The number of nitriles is 1. The van der Waals surface area contributed by atoms with E-state index in [2.05, 4.69) is 11.1 Å². The van der Waals surface area contributed by atoms with Crippen molar-refractivity contribution >= 4 is 5.69 Å². The first-order valence-electron chi connectivity index (χ1n) is 6.00. The van der Waals surface area contributed by atoms with Crippen LogP contribution in [-0.2, 0) is 4.74 Å². The van der Waals surface area contributed by atoms with Gasteiger partial charge in [-0.05, 0) is 6.07 Å². The summed E-state index contributed by atoms with van der Waals surface area (Å²) in [7, 11) is 1.87. The zero-order chi connectivity index (χ0) is 13.0. The number of nitrogens with zero attached hydrogens (tertiary/aromatic N) is 3. The molecule has 1 N–H and O–H groups in total. The molecule has 2 rings (SSSR count). The van der Waals surface area contributed by atoms with Crippen molar-refractivity contribution in [3.63, 3.8) is 0 Å². The zero-order valence-electron chi connectivity index (χ0n) is 10.5. The molecule has 0 bridgehead atoms. The molecule has 96 valence electrons. The van der Waals surface area contributed by atoms with Gasteiger partial charge in [-0.1, -0.05) is 0 Å². The second-order valence-electron chi connectivity index (χ2n) is 4.70. The van der Waals surface area contributed by atoms with Crippen LogP contribution in [0.3, 0.4) is 0 Å². The maximum atomic E-state index is 10.4. The van der Waals surface area contributed by atoms with E-state index in [0.29, 0.717) is 38.2 Å². The molecule has 1 aliphatic rings. The summed E-state index contributed by atoms with van der Waals surface area (Å²) in [6.07, 6.45) is 4.50. The lowest BCUT2D eigenvalue weighted by molar-refractivity contribution is -0.0572. The van der Waals surface area contributed by atoms with Gasteiger partial charge in [-0.25, -0.2) is 0 Å². The largest absolute Gasteiger partial charge is 0.388 e. The van der Waals surface area contributed by atoms with Crippen molar-refractivity contribution in [3.8, 4) is 6.07 Å². The summed E-state index contributed by atoms with van der Waals surface area (Å²) in [5.41, 5.74) is 0.582. The number of aromatic nitrogens is 1. The number of hydrogen-bond donors (Lipinski definition) is 1. The predicted octanol–water partition coefficient (Wildman–Crippen LogP) is 0.931. The maximum Gasteiger partial charge on any atom is 0.101 e. The van der Waals surface area contributed by atoms with Crippen molar-refractivity contribution in [2.24, 2.45) is 0 Å². The molecule has 1 aromatic rings. The first-order chi connectivity index (χ1) is 8.64. The average Bonchev–Trinajstić information content (AvgIpc) is 2.39. The Morgan fingerprint density at radius 2 is 2.28 bits per heavy atom. The molecule has 1 aromatic heterocycles. The minimum absolute atomic E-state index is 0.483. The molecule has 1 fully saturated rings. The highest BCUT2D eigenvalue weighted by Gasteiger charge is 2.31. The minimum atomic E-state index is -0.741. The first-order valence-corrected chi connectivity index (χ1v) is 6.00. The molecule has 0 atom stereocenters. The van der Waals surface area contributed by atoms with Crippen LogP contribution in [0.2, 0.25) is 0 Å². The van der Waals surface area contributed by atoms with Crippen molar-refractivity contribution in [2.75, 3.05) is 31.7 Å². The molecule has 5 heteroatoms. The Kier molecular flexibility index (Phi) is 3.80. The van der Waals surface area contributed by atoms with Crippen LogP contribution in [0.1, 0.15) is 18.4 Å². The van der Waals surface area contributed by atoms with Gasteiger partial charge in [-0.2, -0.15) is 5.26 Å². The standard InChI is InChI=1S/C13H17N3O2/c1-16(10-13(17)3-6-18-7-4-13)12-9-15-5-2-11(12)8-14/h2,5,9,17H,3-4,6-7,10H2,1H3. The normalized spacial score (nSPS) is 18.1. The first kappa shape index (κ1) is 12.8. The molecule has 0 unspecified atom stereocenters. The molecule has 1 saturated heterocycles. The van der Waals surface area contributed by atoms with Crippen molar-refractivity contribution in [1.29, 1.82) is 5.26 Å². The van der Waals surface area contributed by atoms with Crippen molar-refractivity contribution in [2.45, 2.75) is 18.4 Å². The van der Waals surface area contributed by atoms with E-state index in [1.165, 1.54) is 0 Å². The van der Waals surface area contributed by atoms with Gasteiger partial charge in [-0.3, -0.25) is 4.98 Å². The second kappa shape index (κ2) is 5.34. The molecule has 18 heavy (non-hydrogen) atoms. The van der Waals surface area contributed by atoms with Gasteiger partial charge >= 0.3 is 0 Å². The highest BCUT2D eigenvalue weighted by atomic mass is 16.5. The van der Waals surface area contributed by atoms with Crippen molar-refractivity contribution in [3.05, 3.63) is 24.0 Å². The van der Waals surface area contributed by atoms with Gasteiger partial charge in [0, 0.05) is 45.8 Å². The fourth-order valence-corrected chi connectivity index (χ4v) is 2.22. The SMILES string of the molecule is CN(CC1(O)CCOCC1)c1cnccc1C#N. The molecule has 0 aliphatic carbocycles. The quantitative estimate of drug-likeness (QED) is 0.860. The molecule has 0 aromatic carbocycles. The van der Waals surface area contributed by atoms with Crippen LogP contribution in [-0.4, -0.2) is 42.5 Å². The van der Waals surface area contributed by atoms with Crippen LogP contribution in [0, 0.1) is 11.3 Å². The lowest BCUT2D eigenvalue weighted by Crippen LogP contribution is -2.45. The Morgan fingerprint density at radius 1 is 1.56 bits per heavy atom. The van der Waals surface area contributed by atoms with Gasteiger partial charge in [0.05, 0.1) is 23.0 Å². The summed E-state index contributed by atoms with van der Waals surface area (Å²) >= 11 is 0. The monoisotopic (exact) mass is 247 g/mol. The average molecular weight is 247 g/mol. The van der Waals surface area contributed by atoms with E-state index < -0.39 is 5.60 Å². The topological polar surface area (TPSA) is 69.4 Å². The van der Waals surface area contributed by atoms with Crippen LogP contribution in [0.5, 0.6) is 0 Å². The summed E-state index contributed by atoms with van der Waals surface area (Å²) in [5, 5.41) is 19.5. The molecular formula is C13H17N3O2. The van der Waals surface area contributed by atoms with Gasteiger partial charge in [-0.15, -0.1) is 0 Å². The molecule has 5 nitrogen and oxygen atoms in total. The van der Waals surface area contributed by atoms with E-state index in [4.69, 9.17) is 10.00 Å². The number of ether oxygens (including phenoxy) is 1. The molecular weight excluding hydrogens is 230 g/mol. The molecule has 2 heterocycles. The predicted molar refractivity (Wildman–Crippen MR) is 67.2 cm³/mol. The molecule has 1 aliphatic heterocycles. The Balaban J connectivity index is 2.12. The molecule has 0 amide bonds. The van der Waals surface area contributed by atoms with Crippen LogP contribution in [0.25, 0.3) is 0 Å². The third-order valence-corrected chi connectivity index (χ3v) is 3.29. The summed E-state index contributed by atoms with van der Waals surface area (Å²) < 4.78 is 5.25. The highest BCUT2D eigenvalue weighted by molar-refractivity contribution is 5.57. The third-order valence-electron chi connectivity index (χ3n) is 3.29. The van der Waals surface area contributed by atoms with E-state index in [-0.39, 0.29) is 0 Å². The number of likely N-dealkylation sites (N-methyl/N-ethyl adjacent to an activating group) is 1. The second-order valence-corrected chi connectivity index (χ2v) is 4.70. The van der Waals surface area contributed by atoms with Crippen molar-refractivity contribution < 1.29 is 9.84 Å². The van der Waals surface area contributed by atoms with Crippen LogP contribution < -0.4 is 4.90 Å². The lowest BCUT2D eigenvalue weighted by Gasteiger charge is -2.36. The third kappa shape index (κ3) is 2.78. The summed E-state index contributed by atoms with van der Waals surface area (Å²) in [6.45, 7) is 1.65. The fraction of sp³-hybridized carbons (Fsp3) is 0.538. The van der Waals surface area contributed by atoms with Gasteiger partial charge in [0.15, 0.2) is 0 Å². The highest BCUT2D eigenvalue weighted by Crippen LogP contribution is 2.25. The molecule has 0 radical (unpaired) electrons. The van der Waals surface area contributed by atoms with Crippen LogP contribution in [0.15, 0.2) is 18.5 Å². The lowest BCUT2D eigenvalue weighted by atomic mass is 9.93. The van der Waals surface area contributed by atoms with Gasteiger partial charge in [0.2, 0.25) is 0 Å². The Hall–Kier alpha value is -1.64. The van der Waals surface area contributed by atoms with Crippen LogP contribution in [0.4, 0.5) is 5.69 Å². The van der Waals surface area contributed by atoms with E-state index in [1.54, 1.807) is 18.5 Å². The number of rotatable bonds is 3. The van der Waals surface area contributed by atoms with Gasteiger partial charge in [0.25, 0.3) is 0 Å². The molecule has 0 spiro atoms. The van der Waals surface area contributed by atoms with Gasteiger partial charge in [0.1, 0.15) is 6.07 Å². The maximum absolute atomic E-state index is 10.4. The van der Waals surface area contributed by atoms with E-state index in [9.17, 15) is 5.11 Å². The van der Waals surface area contributed by atoms with Gasteiger partial charge < -0.3 is 14.7 Å². The molecule has 0 saturated carbocycles. The van der Waals surface area contributed by atoms with Crippen molar-refractivity contribution in [1.82, 2.24) is 4.98 Å². The number of anilines is 1.